The van der Waals surface area contributed by atoms with Crippen molar-refractivity contribution in [3.05, 3.63) is 42.5 Å². The number of nitrogens with zero attached hydrogens (tertiary/aromatic N) is 3. The predicted molar refractivity (Wildman–Crippen MR) is 69.9 cm³/mol. The minimum atomic E-state index is 0.536. The van der Waals surface area contributed by atoms with Gasteiger partial charge in [0.1, 0.15) is 5.69 Å². The van der Waals surface area contributed by atoms with Crippen LogP contribution in [0.25, 0.3) is 22.2 Å². The SMILES string of the molecule is NCCc1ncc(-c2cccc3[nH]ccc23)nn1. The van der Waals surface area contributed by atoms with Gasteiger partial charge in [0.25, 0.3) is 0 Å². The molecule has 0 aliphatic rings. The van der Waals surface area contributed by atoms with E-state index in [0.717, 1.165) is 22.2 Å². The molecule has 90 valence electrons. The van der Waals surface area contributed by atoms with E-state index in [2.05, 4.69) is 20.2 Å². The van der Waals surface area contributed by atoms with Crippen LogP contribution in [-0.2, 0) is 6.42 Å². The summed E-state index contributed by atoms with van der Waals surface area (Å²) < 4.78 is 0. The normalized spacial score (nSPS) is 10.9. The van der Waals surface area contributed by atoms with Crippen LogP contribution in [0.3, 0.4) is 0 Å². The molecule has 0 aliphatic carbocycles. The summed E-state index contributed by atoms with van der Waals surface area (Å²) in [5.74, 6) is 0.683. The lowest BCUT2D eigenvalue weighted by atomic mass is 10.1. The van der Waals surface area contributed by atoms with Crippen molar-refractivity contribution in [2.75, 3.05) is 6.54 Å². The number of fused-ring (bicyclic) bond motifs is 1. The van der Waals surface area contributed by atoms with Gasteiger partial charge in [-0.05, 0) is 18.7 Å². The first-order chi connectivity index (χ1) is 8.88. The molecule has 2 aromatic heterocycles. The van der Waals surface area contributed by atoms with Crippen molar-refractivity contribution in [3.8, 4) is 11.3 Å². The minimum absolute atomic E-state index is 0.536. The summed E-state index contributed by atoms with van der Waals surface area (Å²) in [6.45, 7) is 0.536. The van der Waals surface area contributed by atoms with Gasteiger partial charge in [0, 0.05) is 29.1 Å². The van der Waals surface area contributed by atoms with Gasteiger partial charge in [-0.1, -0.05) is 12.1 Å². The van der Waals surface area contributed by atoms with Crippen LogP contribution >= 0.6 is 0 Å². The molecule has 1 aromatic carbocycles. The molecule has 5 nitrogen and oxygen atoms in total. The third kappa shape index (κ3) is 1.84. The standard InChI is InChI=1S/C13H13N5/c14-6-4-13-16-8-12(17-18-13)9-2-1-3-11-10(9)5-7-15-11/h1-3,5,7-8,15H,4,6,14H2. The Labute approximate surface area is 104 Å². The van der Waals surface area contributed by atoms with Gasteiger partial charge in [-0.2, -0.15) is 0 Å². The zero-order valence-corrected chi connectivity index (χ0v) is 9.80. The van der Waals surface area contributed by atoms with Crippen LogP contribution in [0.1, 0.15) is 5.82 Å². The average molecular weight is 239 g/mol. The number of H-pyrrole nitrogens is 1. The second kappa shape index (κ2) is 4.54. The predicted octanol–water partition coefficient (Wildman–Crippen LogP) is 1.52. The molecule has 0 atom stereocenters. The molecule has 3 rings (SSSR count). The smallest absolute Gasteiger partial charge is 0.152 e. The molecule has 3 N–H and O–H groups in total. The van der Waals surface area contributed by atoms with Crippen LogP contribution in [0.15, 0.2) is 36.7 Å². The lowest BCUT2D eigenvalue weighted by molar-refractivity contribution is 0.813. The topological polar surface area (TPSA) is 80.5 Å². The maximum absolute atomic E-state index is 5.46. The molecule has 5 heteroatoms. The van der Waals surface area contributed by atoms with Crippen LogP contribution < -0.4 is 5.73 Å². The van der Waals surface area contributed by atoms with E-state index in [0.29, 0.717) is 18.8 Å². The Morgan fingerprint density at radius 3 is 2.89 bits per heavy atom. The number of hydrogen-bond acceptors (Lipinski definition) is 4. The Morgan fingerprint density at radius 1 is 1.17 bits per heavy atom. The molecule has 2 heterocycles. The molecule has 0 fully saturated rings. The van der Waals surface area contributed by atoms with Crippen molar-refractivity contribution in [1.29, 1.82) is 0 Å². The maximum atomic E-state index is 5.46. The Balaban J connectivity index is 2.06. The van der Waals surface area contributed by atoms with Gasteiger partial charge in [0.2, 0.25) is 0 Å². The van der Waals surface area contributed by atoms with Crippen LogP contribution in [0, 0.1) is 0 Å². The highest BCUT2D eigenvalue weighted by molar-refractivity contribution is 5.93. The molecule has 0 bridgehead atoms. The largest absolute Gasteiger partial charge is 0.361 e. The Bertz CT molecular complexity index is 656. The average Bonchev–Trinajstić information content (AvgIpc) is 2.88. The quantitative estimate of drug-likeness (QED) is 0.726. The van der Waals surface area contributed by atoms with Gasteiger partial charge >= 0.3 is 0 Å². The lowest BCUT2D eigenvalue weighted by Gasteiger charge is -2.02. The fourth-order valence-corrected chi connectivity index (χ4v) is 1.97. The van der Waals surface area contributed by atoms with Crippen molar-refractivity contribution in [3.63, 3.8) is 0 Å². The van der Waals surface area contributed by atoms with Gasteiger partial charge in [-0.15, -0.1) is 10.2 Å². The van der Waals surface area contributed by atoms with Crippen LogP contribution in [-0.4, -0.2) is 26.7 Å². The van der Waals surface area contributed by atoms with Gasteiger partial charge in [0.05, 0.1) is 6.20 Å². The molecule has 18 heavy (non-hydrogen) atoms. The Kier molecular flexibility index (Phi) is 2.74. The highest BCUT2D eigenvalue weighted by Crippen LogP contribution is 2.25. The fourth-order valence-electron chi connectivity index (χ4n) is 1.97. The van der Waals surface area contributed by atoms with E-state index in [4.69, 9.17) is 5.73 Å². The van der Waals surface area contributed by atoms with E-state index in [9.17, 15) is 0 Å². The lowest BCUT2D eigenvalue weighted by Crippen LogP contribution is -2.07. The van der Waals surface area contributed by atoms with Gasteiger partial charge < -0.3 is 10.7 Å². The van der Waals surface area contributed by atoms with Crippen molar-refractivity contribution in [1.82, 2.24) is 20.2 Å². The first-order valence-electron chi connectivity index (χ1n) is 5.83. The van der Waals surface area contributed by atoms with Crippen LogP contribution in [0.4, 0.5) is 0 Å². The second-order valence-corrected chi connectivity index (χ2v) is 4.04. The van der Waals surface area contributed by atoms with E-state index in [1.807, 2.05) is 30.5 Å². The third-order valence-corrected chi connectivity index (χ3v) is 2.85. The number of benzene rings is 1. The fraction of sp³-hybridized carbons (Fsp3) is 0.154. The molecule has 0 spiro atoms. The zero-order chi connectivity index (χ0) is 12.4. The van der Waals surface area contributed by atoms with E-state index < -0.39 is 0 Å². The summed E-state index contributed by atoms with van der Waals surface area (Å²) in [4.78, 5) is 7.45. The summed E-state index contributed by atoms with van der Waals surface area (Å²) in [7, 11) is 0. The first-order valence-corrected chi connectivity index (χ1v) is 5.83. The summed E-state index contributed by atoms with van der Waals surface area (Å²) in [6.07, 6.45) is 4.32. The number of nitrogens with two attached hydrogens (primary N) is 1. The van der Waals surface area contributed by atoms with E-state index in [1.54, 1.807) is 6.20 Å². The highest BCUT2D eigenvalue weighted by Gasteiger charge is 2.06. The maximum Gasteiger partial charge on any atom is 0.152 e. The third-order valence-electron chi connectivity index (χ3n) is 2.85. The highest BCUT2D eigenvalue weighted by atomic mass is 15.2. The number of aromatic nitrogens is 4. The summed E-state index contributed by atoms with van der Waals surface area (Å²) in [6, 6.07) is 8.07. The van der Waals surface area contributed by atoms with Gasteiger partial charge in [-0.25, -0.2) is 4.98 Å². The number of hydrogen-bond donors (Lipinski definition) is 2. The Morgan fingerprint density at radius 2 is 2.11 bits per heavy atom. The minimum Gasteiger partial charge on any atom is -0.361 e. The van der Waals surface area contributed by atoms with E-state index in [1.165, 1.54) is 0 Å². The van der Waals surface area contributed by atoms with Crippen molar-refractivity contribution < 1.29 is 0 Å². The van der Waals surface area contributed by atoms with Gasteiger partial charge in [-0.3, -0.25) is 0 Å². The van der Waals surface area contributed by atoms with Crippen molar-refractivity contribution in [2.24, 2.45) is 5.73 Å². The summed E-state index contributed by atoms with van der Waals surface area (Å²) >= 11 is 0. The molecule has 0 radical (unpaired) electrons. The molecule has 3 aromatic rings. The molecular formula is C13H13N5. The molecule has 0 amide bonds. The second-order valence-electron chi connectivity index (χ2n) is 4.04. The number of nitrogens with one attached hydrogen (secondary N) is 1. The van der Waals surface area contributed by atoms with E-state index in [-0.39, 0.29) is 0 Å². The van der Waals surface area contributed by atoms with Crippen LogP contribution in [0.2, 0.25) is 0 Å². The van der Waals surface area contributed by atoms with Crippen molar-refractivity contribution >= 4 is 10.9 Å². The van der Waals surface area contributed by atoms with Gasteiger partial charge in [0.15, 0.2) is 5.82 Å². The summed E-state index contributed by atoms with van der Waals surface area (Å²) in [5.41, 5.74) is 8.36. The zero-order valence-electron chi connectivity index (χ0n) is 9.80. The number of aromatic amines is 1. The monoisotopic (exact) mass is 239 g/mol. The molecule has 0 saturated heterocycles. The molecule has 0 saturated carbocycles. The van der Waals surface area contributed by atoms with Crippen molar-refractivity contribution in [2.45, 2.75) is 6.42 Å². The van der Waals surface area contributed by atoms with Crippen LogP contribution in [0.5, 0.6) is 0 Å². The molecule has 0 aliphatic heterocycles. The number of rotatable bonds is 3. The first kappa shape index (κ1) is 10.9. The van der Waals surface area contributed by atoms with E-state index >= 15 is 0 Å². The molecular weight excluding hydrogens is 226 g/mol. The molecule has 0 unspecified atom stereocenters. The summed E-state index contributed by atoms with van der Waals surface area (Å²) in [5, 5.41) is 9.43. The Hall–Kier alpha value is -2.27.